The molecule has 1 aliphatic heterocycles. The lowest BCUT2D eigenvalue weighted by Gasteiger charge is -2.10. The van der Waals surface area contributed by atoms with Crippen LogP contribution in [0.15, 0.2) is 51.8 Å². The molecule has 0 aromatic heterocycles. The van der Waals surface area contributed by atoms with Crippen molar-refractivity contribution in [3.05, 3.63) is 68.0 Å². The molecule has 0 atom stereocenters. The summed E-state index contributed by atoms with van der Waals surface area (Å²) in [7, 11) is 0. The minimum atomic E-state index is -0.167. The van der Waals surface area contributed by atoms with E-state index in [-0.39, 0.29) is 5.91 Å². The van der Waals surface area contributed by atoms with Crippen LogP contribution in [0.3, 0.4) is 0 Å². The highest BCUT2D eigenvalue weighted by molar-refractivity contribution is 9.10. The van der Waals surface area contributed by atoms with Gasteiger partial charge in [-0.15, -0.1) is 0 Å². The van der Waals surface area contributed by atoms with Gasteiger partial charge in [-0.2, -0.15) is 0 Å². The predicted octanol–water partition coefficient (Wildman–Crippen LogP) is 5.17. The lowest BCUT2D eigenvalue weighted by atomic mass is 10.2. The number of carbonyl (C=O) groups is 1. The first-order chi connectivity index (χ1) is 11.5. The standard InChI is InChI=1S/C17H11BrClNO2S2/c18-12-7-10(8-15-16(21)20-17(23)24-15)5-6-14(12)22-9-11-3-1-2-4-13(11)19/h1-8H,9H2,(H,20,21,23)/b15-8-. The fourth-order valence-electron chi connectivity index (χ4n) is 2.07. The van der Waals surface area contributed by atoms with Gasteiger partial charge in [0.2, 0.25) is 0 Å². The smallest absolute Gasteiger partial charge is 0.263 e. The fourth-order valence-corrected chi connectivity index (χ4v) is 3.81. The molecule has 1 fully saturated rings. The largest absolute Gasteiger partial charge is 0.488 e. The van der Waals surface area contributed by atoms with Crippen LogP contribution in [0.4, 0.5) is 0 Å². The van der Waals surface area contributed by atoms with Gasteiger partial charge in [-0.05, 0) is 45.8 Å². The monoisotopic (exact) mass is 439 g/mol. The Morgan fingerprint density at radius 3 is 2.75 bits per heavy atom. The Kier molecular flexibility index (Phi) is 5.61. The summed E-state index contributed by atoms with van der Waals surface area (Å²) < 4.78 is 7.09. The average Bonchev–Trinajstić information content (AvgIpc) is 2.85. The van der Waals surface area contributed by atoms with Crippen molar-refractivity contribution in [1.29, 1.82) is 0 Å². The number of hydrogen-bond acceptors (Lipinski definition) is 4. The Hall–Kier alpha value is -1.34. The second-order valence-electron chi connectivity index (χ2n) is 4.92. The number of thiocarbonyl (C=S) groups is 1. The van der Waals surface area contributed by atoms with Crippen molar-refractivity contribution in [2.24, 2.45) is 0 Å². The molecule has 0 unspecified atom stereocenters. The summed E-state index contributed by atoms with van der Waals surface area (Å²) >= 11 is 15.9. The minimum absolute atomic E-state index is 0.167. The number of halogens is 2. The summed E-state index contributed by atoms with van der Waals surface area (Å²) in [5.41, 5.74) is 1.80. The molecule has 0 saturated carbocycles. The predicted molar refractivity (Wildman–Crippen MR) is 106 cm³/mol. The first-order valence-electron chi connectivity index (χ1n) is 6.93. The highest BCUT2D eigenvalue weighted by Gasteiger charge is 2.21. The van der Waals surface area contributed by atoms with E-state index in [1.165, 1.54) is 11.8 Å². The van der Waals surface area contributed by atoms with E-state index in [9.17, 15) is 4.79 Å². The third kappa shape index (κ3) is 4.19. The van der Waals surface area contributed by atoms with Crippen LogP contribution in [0.25, 0.3) is 6.08 Å². The van der Waals surface area contributed by atoms with Crippen LogP contribution in [0.2, 0.25) is 5.02 Å². The summed E-state index contributed by atoms with van der Waals surface area (Å²) in [4.78, 5) is 12.3. The fraction of sp³-hybridized carbons (Fsp3) is 0.0588. The van der Waals surface area contributed by atoms with Gasteiger partial charge in [-0.3, -0.25) is 4.79 Å². The molecule has 24 heavy (non-hydrogen) atoms. The molecule has 0 radical (unpaired) electrons. The molecule has 2 aromatic carbocycles. The molecule has 1 aliphatic rings. The van der Waals surface area contributed by atoms with E-state index < -0.39 is 0 Å². The van der Waals surface area contributed by atoms with E-state index in [1.807, 2.05) is 42.5 Å². The number of benzene rings is 2. The zero-order chi connectivity index (χ0) is 17.1. The zero-order valence-electron chi connectivity index (χ0n) is 12.2. The van der Waals surface area contributed by atoms with Crippen molar-refractivity contribution in [2.45, 2.75) is 6.61 Å². The van der Waals surface area contributed by atoms with Crippen molar-refractivity contribution in [1.82, 2.24) is 5.32 Å². The normalized spacial score (nSPS) is 15.7. The van der Waals surface area contributed by atoms with Crippen molar-refractivity contribution >= 4 is 67.8 Å². The molecule has 0 aliphatic carbocycles. The molecule has 1 heterocycles. The van der Waals surface area contributed by atoms with Crippen LogP contribution in [0, 0.1) is 0 Å². The van der Waals surface area contributed by atoms with Gasteiger partial charge in [-0.25, -0.2) is 0 Å². The lowest BCUT2D eigenvalue weighted by molar-refractivity contribution is -0.115. The second kappa shape index (κ2) is 7.70. The molecular formula is C17H11BrClNO2S2. The summed E-state index contributed by atoms with van der Waals surface area (Å²) in [5, 5.41) is 3.27. The summed E-state index contributed by atoms with van der Waals surface area (Å²) in [6, 6.07) is 13.2. The summed E-state index contributed by atoms with van der Waals surface area (Å²) in [5.74, 6) is 0.538. The molecule has 0 spiro atoms. The Labute approximate surface area is 162 Å². The van der Waals surface area contributed by atoms with Crippen LogP contribution >= 0.6 is 51.5 Å². The molecule has 2 aromatic rings. The Morgan fingerprint density at radius 2 is 2.08 bits per heavy atom. The highest BCUT2D eigenvalue weighted by Crippen LogP contribution is 2.31. The van der Waals surface area contributed by atoms with Crippen LogP contribution in [-0.2, 0) is 11.4 Å². The molecular weight excluding hydrogens is 430 g/mol. The SMILES string of the molecule is O=C1NC(=S)S/C1=C\c1ccc(OCc2ccccc2Cl)c(Br)c1. The molecule has 1 N–H and O–H groups in total. The highest BCUT2D eigenvalue weighted by atomic mass is 79.9. The first-order valence-corrected chi connectivity index (χ1v) is 9.33. The average molecular weight is 441 g/mol. The Morgan fingerprint density at radius 1 is 1.29 bits per heavy atom. The van der Waals surface area contributed by atoms with Crippen molar-refractivity contribution in [2.75, 3.05) is 0 Å². The van der Waals surface area contributed by atoms with Crippen molar-refractivity contribution in [3.63, 3.8) is 0 Å². The number of amides is 1. The Balaban J connectivity index is 1.73. The minimum Gasteiger partial charge on any atom is -0.488 e. The number of nitrogens with one attached hydrogen (secondary N) is 1. The molecule has 1 saturated heterocycles. The molecule has 0 bridgehead atoms. The first kappa shape index (κ1) is 17.5. The maximum Gasteiger partial charge on any atom is 0.263 e. The van der Waals surface area contributed by atoms with E-state index in [2.05, 4.69) is 21.2 Å². The van der Waals surface area contributed by atoms with Gasteiger partial charge in [0, 0.05) is 10.6 Å². The quantitative estimate of drug-likeness (QED) is 0.526. The van der Waals surface area contributed by atoms with Crippen LogP contribution < -0.4 is 10.1 Å². The number of hydrogen-bond donors (Lipinski definition) is 1. The zero-order valence-corrected chi connectivity index (χ0v) is 16.2. The van der Waals surface area contributed by atoms with Gasteiger partial charge in [-0.1, -0.05) is 59.8 Å². The van der Waals surface area contributed by atoms with Gasteiger partial charge in [0.1, 0.15) is 16.7 Å². The number of rotatable bonds is 4. The van der Waals surface area contributed by atoms with E-state index in [0.717, 1.165) is 15.6 Å². The third-order valence-corrected chi connectivity index (χ3v) is 5.39. The van der Waals surface area contributed by atoms with Crippen molar-refractivity contribution < 1.29 is 9.53 Å². The van der Waals surface area contributed by atoms with Gasteiger partial charge in [0.25, 0.3) is 5.91 Å². The molecule has 3 nitrogen and oxygen atoms in total. The Bertz CT molecular complexity index is 854. The molecule has 1 amide bonds. The van der Waals surface area contributed by atoms with Gasteiger partial charge < -0.3 is 10.1 Å². The van der Waals surface area contributed by atoms with Gasteiger partial charge in [0.15, 0.2) is 0 Å². The lowest BCUT2D eigenvalue weighted by Crippen LogP contribution is -2.17. The third-order valence-electron chi connectivity index (χ3n) is 3.24. The van der Waals surface area contributed by atoms with E-state index in [4.69, 9.17) is 28.6 Å². The molecule has 122 valence electrons. The van der Waals surface area contributed by atoms with Crippen LogP contribution in [0.5, 0.6) is 5.75 Å². The number of ether oxygens (including phenoxy) is 1. The summed E-state index contributed by atoms with van der Waals surface area (Å²) in [6.07, 6.45) is 1.79. The maximum atomic E-state index is 11.7. The summed E-state index contributed by atoms with van der Waals surface area (Å²) in [6.45, 7) is 0.380. The number of thioether (sulfide) groups is 1. The van der Waals surface area contributed by atoms with Gasteiger partial charge in [0.05, 0.1) is 9.38 Å². The van der Waals surface area contributed by atoms with Crippen molar-refractivity contribution in [3.8, 4) is 5.75 Å². The second-order valence-corrected chi connectivity index (χ2v) is 7.90. The number of carbonyl (C=O) groups excluding carboxylic acids is 1. The van der Waals surface area contributed by atoms with E-state index in [0.29, 0.717) is 26.6 Å². The van der Waals surface area contributed by atoms with Gasteiger partial charge >= 0.3 is 0 Å². The maximum absolute atomic E-state index is 11.7. The van der Waals surface area contributed by atoms with Crippen LogP contribution in [-0.4, -0.2) is 10.2 Å². The molecule has 3 rings (SSSR count). The van der Waals surface area contributed by atoms with E-state index >= 15 is 0 Å². The molecule has 7 heteroatoms. The van der Waals surface area contributed by atoms with E-state index in [1.54, 1.807) is 6.08 Å². The topological polar surface area (TPSA) is 38.3 Å². The van der Waals surface area contributed by atoms with Crippen LogP contribution in [0.1, 0.15) is 11.1 Å².